The number of carbonyl (C=O) groups is 2. The van der Waals surface area contributed by atoms with E-state index < -0.39 is 11.6 Å². The zero-order valence-electron chi connectivity index (χ0n) is 17.4. The number of carbonyl (C=O) groups excluding carboxylic acids is 2. The zero-order valence-corrected chi connectivity index (χ0v) is 18.9. The third-order valence-corrected chi connectivity index (χ3v) is 6.77. The SMILES string of the molecule is Cc1ncc(Cl)cc1C(=O)NC1CCC(CN2C(=O)C(C)(F)c3ccc(Cl)cc32)CC1. The molecule has 2 aromatic rings. The van der Waals surface area contributed by atoms with E-state index in [9.17, 15) is 9.59 Å². The summed E-state index contributed by atoms with van der Waals surface area (Å²) in [6.07, 6.45) is 4.77. The van der Waals surface area contributed by atoms with Crippen molar-refractivity contribution in [2.45, 2.75) is 51.2 Å². The van der Waals surface area contributed by atoms with Crippen molar-refractivity contribution >= 4 is 40.7 Å². The smallest absolute Gasteiger partial charge is 0.269 e. The minimum absolute atomic E-state index is 0.0459. The number of halogens is 3. The first-order valence-electron chi connectivity index (χ1n) is 10.4. The Morgan fingerprint density at radius 2 is 1.94 bits per heavy atom. The molecule has 2 amide bonds. The van der Waals surface area contributed by atoms with Gasteiger partial charge in [0, 0.05) is 29.4 Å². The Kier molecular flexibility index (Phi) is 5.97. The molecular weight excluding hydrogens is 440 g/mol. The molecule has 0 bridgehead atoms. The van der Waals surface area contributed by atoms with Crippen LogP contribution in [-0.4, -0.2) is 29.4 Å². The van der Waals surface area contributed by atoms with Crippen molar-refractivity contribution in [1.29, 1.82) is 0 Å². The summed E-state index contributed by atoms with van der Waals surface area (Å²) in [5.41, 5.74) is 0.00598. The Bertz CT molecular complexity index is 1040. The van der Waals surface area contributed by atoms with Gasteiger partial charge in [-0.05, 0) is 63.6 Å². The molecule has 1 fully saturated rings. The molecule has 1 unspecified atom stereocenters. The lowest BCUT2D eigenvalue weighted by atomic mass is 9.85. The molecule has 1 aromatic heterocycles. The predicted octanol–water partition coefficient (Wildman–Crippen LogP) is 5.22. The van der Waals surface area contributed by atoms with Crippen LogP contribution in [0.2, 0.25) is 10.0 Å². The van der Waals surface area contributed by atoms with Gasteiger partial charge in [-0.3, -0.25) is 14.6 Å². The normalized spacial score (nSPS) is 25.5. The van der Waals surface area contributed by atoms with Gasteiger partial charge in [-0.1, -0.05) is 29.3 Å². The van der Waals surface area contributed by atoms with Crippen LogP contribution in [-0.2, 0) is 10.5 Å². The highest BCUT2D eigenvalue weighted by Gasteiger charge is 2.48. The van der Waals surface area contributed by atoms with Crippen molar-refractivity contribution in [1.82, 2.24) is 10.3 Å². The number of rotatable bonds is 4. The molecule has 0 spiro atoms. The van der Waals surface area contributed by atoms with Crippen molar-refractivity contribution in [3.8, 4) is 0 Å². The first-order valence-corrected chi connectivity index (χ1v) is 11.2. The number of anilines is 1. The molecular formula is C23H24Cl2FN3O2. The van der Waals surface area contributed by atoms with Gasteiger partial charge in [0.15, 0.2) is 0 Å². The van der Waals surface area contributed by atoms with Crippen molar-refractivity contribution in [2.24, 2.45) is 5.92 Å². The standard InChI is InChI=1S/C23H24Cl2FN3O2/c1-13-18(9-16(25)11-27-13)21(30)28-17-6-3-14(4-7-17)12-29-20-10-15(24)5-8-19(20)23(2,26)22(29)31/h5,8-11,14,17H,3-4,6-7,12H2,1-2H3,(H,28,30). The number of nitrogens with one attached hydrogen (secondary N) is 1. The molecule has 0 saturated heterocycles. The highest BCUT2D eigenvalue weighted by Crippen LogP contribution is 2.44. The topological polar surface area (TPSA) is 62.3 Å². The number of alkyl halides is 1. The summed E-state index contributed by atoms with van der Waals surface area (Å²) in [6.45, 7) is 3.53. The van der Waals surface area contributed by atoms with Gasteiger partial charge in [0.2, 0.25) is 5.67 Å². The predicted molar refractivity (Wildman–Crippen MR) is 119 cm³/mol. The van der Waals surface area contributed by atoms with Crippen molar-refractivity contribution < 1.29 is 14.0 Å². The Morgan fingerprint density at radius 3 is 2.65 bits per heavy atom. The molecule has 1 aliphatic carbocycles. The van der Waals surface area contributed by atoms with Crippen LogP contribution in [0.4, 0.5) is 10.1 Å². The van der Waals surface area contributed by atoms with E-state index in [1.165, 1.54) is 18.0 Å². The van der Waals surface area contributed by atoms with E-state index in [2.05, 4.69) is 10.3 Å². The average molecular weight is 464 g/mol. The highest BCUT2D eigenvalue weighted by atomic mass is 35.5. The fourth-order valence-corrected chi connectivity index (χ4v) is 4.86. The van der Waals surface area contributed by atoms with Crippen molar-refractivity contribution in [3.05, 3.63) is 57.3 Å². The number of benzene rings is 1. The molecule has 1 atom stereocenters. The third kappa shape index (κ3) is 4.28. The maximum atomic E-state index is 15.1. The Balaban J connectivity index is 1.38. The summed E-state index contributed by atoms with van der Waals surface area (Å²) >= 11 is 12.1. The van der Waals surface area contributed by atoms with Gasteiger partial charge in [0.1, 0.15) is 0 Å². The lowest BCUT2D eigenvalue weighted by Gasteiger charge is -2.32. The van der Waals surface area contributed by atoms with Gasteiger partial charge in [-0.25, -0.2) is 4.39 Å². The van der Waals surface area contributed by atoms with Gasteiger partial charge in [-0.15, -0.1) is 0 Å². The number of hydrogen-bond acceptors (Lipinski definition) is 3. The van der Waals surface area contributed by atoms with Crippen LogP contribution >= 0.6 is 23.2 Å². The summed E-state index contributed by atoms with van der Waals surface area (Å²) in [7, 11) is 0. The van der Waals surface area contributed by atoms with E-state index in [0.29, 0.717) is 39.1 Å². The van der Waals surface area contributed by atoms with Crippen molar-refractivity contribution in [3.63, 3.8) is 0 Å². The summed E-state index contributed by atoms with van der Waals surface area (Å²) < 4.78 is 15.1. The molecule has 5 nitrogen and oxygen atoms in total. The second kappa shape index (κ2) is 8.40. The van der Waals surface area contributed by atoms with E-state index in [-0.39, 0.29) is 17.9 Å². The fourth-order valence-electron chi connectivity index (χ4n) is 4.53. The van der Waals surface area contributed by atoms with Gasteiger partial charge in [0.25, 0.3) is 11.8 Å². The quantitative estimate of drug-likeness (QED) is 0.675. The van der Waals surface area contributed by atoms with Gasteiger partial charge >= 0.3 is 0 Å². The maximum Gasteiger partial charge on any atom is 0.269 e. The molecule has 1 aromatic carbocycles. The van der Waals surface area contributed by atoms with E-state index in [1.54, 1.807) is 31.2 Å². The molecule has 1 N–H and O–H groups in total. The highest BCUT2D eigenvalue weighted by molar-refractivity contribution is 6.31. The third-order valence-electron chi connectivity index (χ3n) is 6.32. The molecule has 1 saturated carbocycles. The molecule has 31 heavy (non-hydrogen) atoms. The number of aromatic nitrogens is 1. The lowest BCUT2D eigenvalue weighted by Crippen LogP contribution is -2.42. The molecule has 2 aliphatic rings. The number of amides is 2. The second-order valence-electron chi connectivity index (χ2n) is 8.56. The number of pyridine rings is 1. The maximum absolute atomic E-state index is 15.1. The summed E-state index contributed by atoms with van der Waals surface area (Å²) in [6, 6.07) is 6.53. The Labute approximate surface area is 190 Å². The average Bonchev–Trinajstić information content (AvgIpc) is 2.91. The van der Waals surface area contributed by atoms with Gasteiger partial charge in [0.05, 0.1) is 22.0 Å². The first kappa shape index (κ1) is 22.0. The van der Waals surface area contributed by atoms with Crippen LogP contribution in [0.5, 0.6) is 0 Å². The summed E-state index contributed by atoms with van der Waals surface area (Å²) in [4.78, 5) is 31.0. The van der Waals surface area contributed by atoms with E-state index >= 15 is 4.39 Å². The lowest BCUT2D eigenvalue weighted by molar-refractivity contribution is -0.128. The van der Waals surface area contributed by atoms with Crippen LogP contribution < -0.4 is 10.2 Å². The number of hydrogen-bond donors (Lipinski definition) is 1. The second-order valence-corrected chi connectivity index (χ2v) is 9.43. The van der Waals surface area contributed by atoms with Crippen LogP contribution in [0.25, 0.3) is 0 Å². The number of aryl methyl sites for hydroxylation is 1. The molecule has 8 heteroatoms. The van der Waals surface area contributed by atoms with Crippen LogP contribution in [0.3, 0.4) is 0 Å². The van der Waals surface area contributed by atoms with Crippen LogP contribution in [0, 0.1) is 12.8 Å². The molecule has 4 rings (SSSR count). The summed E-state index contributed by atoms with van der Waals surface area (Å²) in [5, 5.41) is 3.97. The largest absolute Gasteiger partial charge is 0.349 e. The van der Waals surface area contributed by atoms with E-state index in [1.807, 2.05) is 0 Å². The molecule has 0 radical (unpaired) electrons. The Morgan fingerprint density at radius 1 is 1.23 bits per heavy atom. The van der Waals surface area contributed by atoms with Crippen molar-refractivity contribution in [2.75, 3.05) is 11.4 Å². The monoisotopic (exact) mass is 463 g/mol. The number of fused-ring (bicyclic) bond motifs is 1. The molecule has 1 aliphatic heterocycles. The minimum atomic E-state index is -2.03. The summed E-state index contributed by atoms with van der Waals surface area (Å²) in [5.74, 6) is -0.487. The molecule has 2 heterocycles. The minimum Gasteiger partial charge on any atom is -0.349 e. The first-order chi connectivity index (χ1) is 14.7. The number of nitrogens with zero attached hydrogens (tertiary/aromatic N) is 2. The molecule has 164 valence electrons. The van der Waals surface area contributed by atoms with E-state index in [0.717, 1.165) is 25.7 Å². The van der Waals surface area contributed by atoms with Gasteiger partial charge < -0.3 is 10.2 Å². The fraction of sp³-hybridized carbons (Fsp3) is 0.435. The van der Waals surface area contributed by atoms with Crippen LogP contribution in [0.15, 0.2) is 30.5 Å². The van der Waals surface area contributed by atoms with Gasteiger partial charge in [-0.2, -0.15) is 0 Å². The Hall–Kier alpha value is -2.18. The van der Waals surface area contributed by atoms with Crippen LogP contribution in [0.1, 0.15) is 54.2 Å². The van der Waals surface area contributed by atoms with E-state index in [4.69, 9.17) is 23.2 Å². The zero-order chi connectivity index (χ0) is 22.3.